The molecule has 18 heavy (non-hydrogen) atoms. The van der Waals surface area contributed by atoms with Gasteiger partial charge in [-0.05, 0) is 55.7 Å². The van der Waals surface area contributed by atoms with E-state index in [9.17, 15) is 4.39 Å². The van der Waals surface area contributed by atoms with Crippen molar-refractivity contribution in [2.45, 2.75) is 20.8 Å². The van der Waals surface area contributed by atoms with Crippen molar-refractivity contribution in [2.24, 2.45) is 0 Å². The van der Waals surface area contributed by atoms with Gasteiger partial charge in [-0.3, -0.25) is 0 Å². The zero-order chi connectivity index (χ0) is 13.3. The van der Waals surface area contributed by atoms with E-state index in [1.54, 1.807) is 6.07 Å². The van der Waals surface area contributed by atoms with Gasteiger partial charge in [0.15, 0.2) is 0 Å². The summed E-state index contributed by atoms with van der Waals surface area (Å²) >= 11 is 0. The second-order valence-electron chi connectivity index (χ2n) is 4.58. The zero-order valence-electron chi connectivity index (χ0n) is 10.8. The fraction of sp³-hybridized carbons (Fsp3) is 0.200. The van der Waals surface area contributed by atoms with Gasteiger partial charge in [0.05, 0.1) is 5.69 Å². The van der Waals surface area contributed by atoms with Gasteiger partial charge < -0.3 is 11.1 Å². The molecule has 2 nitrogen and oxygen atoms in total. The molecule has 0 radical (unpaired) electrons. The molecule has 2 rings (SSSR count). The Balaban J connectivity index is 2.46. The number of rotatable bonds is 2. The number of anilines is 3. The highest BCUT2D eigenvalue weighted by Crippen LogP contribution is 2.29. The van der Waals surface area contributed by atoms with Crippen molar-refractivity contribution in [1.82, 2.24) is 0 Å². The molecule has 0 amide bonds. The van der Waals surface area contributed by atoms with Gasteiger partial charge in [-0.1, -0.05) is 12.1 Å². The number of nitrogens with one attached hydrogen (secondary N) is 1. The van der Waals surface area contributed by atoms with E-state index in [-0.39, 0.29) is 5.82 Å². The normalized spacial score (nSPS) is 10.4. The highest BCUT2D eigenvalue weighted by Gasteiger charge is 2.08. The molecule has 0 aromatic heterocycles. The second-order valence-corrected chi connectivity index (χ2v) is 4.58. The number of aryl methyl sites for hydroxylation is 2. The van der Waals surface area contributed by atoms with Crippen molar-refractivity contribution in [3.05, 3.63) is 52.8 Å². The van der Waals surface area contributed by atoms with Gasteiger partial charge in [-0.15, -0.1) is 0 Å². The van der Waals surface area contributed by atoms with Crippen LogP contribution in [0.3, 0.4) is 0 Å². The molecule has 3 heteroatoms. The van der Waals surface area contributed by atoms with Crippen LogP contribution in [-0.2, 0) is 0 Å². The third kappa shape index (κ3) is 2.30. The van der Waals surface area contributed by atoms with Crippen LogP contribution in [0.1, 0.15) is 16.7 Å². The van der Waals surface area contributed by atoms with Crippen LogP contribution in [0.2, 0.25) is 0 Å². The lowest BCUT2D eigenvalue weighted by Crippen LogP contribution is -2.01. The van der Waals surface area contributed by atoms with Crippen LogP contribution in [0, 0.1) is 26.6 Å². The van der Waals surface area contributed by atoms with E-state index in [0.717, 1.165) is 22.4 Å². The molecular weight excluding hydrogens is 227 g/mol. The van der Waals surface area contributed by atoms with Gasteiger partial charge in [0.2, 0.25) is 0 Å². The molecule has 0 atom stereocenters. The molecule has 0 fully saturated rings. The standard InChI is InChI=1S/C15H17FN2/c1-9-7-13(17)11(3)14(8-9)18-15-10(2)5-4-6-12(15)16/h4-8,18H,17H2,1-3H3. The minimum absolute atomic E-state index is 0.255. The van der Waals surface area contributed by atoms with E-state index in [0.29, 0.717) is 11.4 Å². The first kappa shape index (κ1) is 12.4. The van der Waals surface area contributed by atoms with Crippen LogP contribution in [0.5, 0.6) is 0 Å². The maximum absolute atomic E-state index is 13.8. The number of halogens is 1. The number of para-hydroxylation sites is 1. The Bertz CT molecular complexity index is 571. The van der Waals surface area contributed by atoms with Gasteiger partial charge in [-0.2, -0.15) is 0 Å². The van der Waals surface area contributed by atoms with Crippen molar-refractivity contribution < 1.29 is 4.39 Å². The average Bonchev–Trinajstić information content (AvgIpc) is 2.30. The van der Waals surface area contributed by atoms with E-state index in [4.69, 9.17) is 5.73 Å². The fourth-order valence-corrected chi connectivity index (χ4v) is 1.94. The number of hydrogen-bond donors (Lipinski definition) is 2. The first-order valence-corrected chi connectivity index (χ1v) is 5.88. The molecule has 0 unspecified atom stereocenters. The van der Waals surface area contributed by atoms with Crippen molar-refractivity contribution in [3.8, 4) is 0 Å². The third-order valence-corrected chi connectivity index (χ3v) is 3.07. The van der Waals surface area contributed by atoms with Gasteiger partial charge >= 0.3 is 0 Å². The van der Waals surface area contributed by atoms with Crippen LogP contribution < -0.4 is 11.1 Å². The molecule has 0 aliphatic rings. The van der Waals surface area contributed by atoms with Crippen molar-refractivity contribution >= 4 is 17.1 Å². The summed E-state index contributed by atoms with van der Waals surface area (Å²) in [4.78, 5) is 0. The quantitative estimate of drug-likeness (QED) is 0.781. The van der Waals surface area contributed by atoms with Gasteiger partial charge in [0.25, 0.3) is 0 Å². The first-order chi connectivity index (χ1) is 8.49. The number of nitrogen functional groups attached to an aromatic ring is 1. The van der Waals surface area contributed by atoms with Crippen LogP contribution in [0.25, 0.3) is 0 Å². The lowest BCUT2D eigenvalue weighted by atomic mass is 10.1. The Kier molecular flexibility index (Phi) is 3.24. The van der Waals surface area contributed by atoms with Crippen molar-refractivity contribution in [1.29, 1.82) is 0 Å². The maximum atomic E-state index is 13.8. The molecule has 0 heterocycles. The monoisotopic (exact) mass is 244 g/mol. The summed E-state index contributed by atoms with van der Waals surface area (Å²) in [5.74, 6) is -0.255. The summed E-state index contributed by atoms with van der Waals surface area (Å²) in [6, 6.07) is 8.91. The summed E-state index contributed by atoms with van der Waals surface area (Å²) in [5.41, 5.74) is 10.8. The zero-order valence-corrected chi connectivity index (χ0v) is 10.8. The lowest BCUT2D eigenvalue weighted by Gasteiger charge is -2.15. The van der Waals surface area contributed by atoms with Crippen molar-refractivity contribution in [2.75, 3.05) is 11.1 Å². The molecule has 3 N–H and O–H groups in total. The van der Waals surface area contributed by atoms with E-state index in [1.165, 1.54) is 6.07 Å². The van der Waals surface area contributed by atoms with E-state index in [1.807, 2.05) is 39.0 Å². The summed E-state index contributed by atoms with van der Waals surface area (Å²) in [7, 11) is 0. The molecule has 0 saturated carbocycles. The number of nitrogens with two attached hydrogens (primary N) is 1. The van der Waals surface area contributed by atoms with Crippen molar-refractivity contribution in [3.63, 3.8) is 0 Å². The fourth-order valence-electron chi connectivity index (χ4n) is 1.94. The third-order valence-electron chi connectivity index (χ3n) is 3.07. The van der Waals surface area contributed by atoms with E-state index < -0.39 is 0 Å². The van der Waals surface area contributed by atoms with Crippen LogP contribution in [0.4, 0.5) is 21.5 Å². The number of hydrogen-bond acceptors (Lipinski definition) is 2. The molecule has 0 bridgehead atoms. The first-order valence-electron chi connectivity index (χ1n) is 5.88. The van der Waals surface area contributed by atoms with Crippen LogP contribution in [-0.4, -0.2) is 0 Å². The Labute approximate surface area is 107 Å². The smallest absolute Gasteiger partial charge is 0.146 e. The maximum Gasteiger partial charge on any atom is 0.146 e. The summed E-state index contributed by atoms with van der Waals surface area (Å²) in [6.07, 6.45) is 0. The summed E-state index contributed by atoms with van der Waals surface area (Å²) in [6.45, 7) is 5.77. The predicted molar refractivity (Wildman–Crippen MR) is 74.7 cm³/mol. The Morgan fingerprint density at radius 2 is 1.83 bits per heavy atom. The van der Waals surface area contributed by atoms with Crippen LogP contribution >= 0.6 is 0 Å². The Morgan fingerprint density at radius 3 is 2.50 bits per heavy atom. The highest BCUT2D eigenvalue weighted by atomic mass is 19.1. The van der Waals surface area contributed by atoms with Gasteiger partial charge in [-0.25, -0.2) is 4.39 Å². The lowest BCUT2D eigenvalue weighted by molar-refractivity contribution is 0.631. The largest absolute Gasteiger partial charge is 0.398 e. The van der Waals surface area contributed by atoms with E-state index in [2.05, 4.69) is 5.32 Å². The molecule has 2 aromatic carbocycles. The van der Waals surface area contributed by atoms with Gasteiger partial charge in [0, 0.05) is 11.4 Å². The Morgan fingerprint density at radius 1 is 1.11 bits per heavy atom. The van der Waals surface area contributed by atoms with Gasteiger partial charge in [0.1, 0.15) is 5.82 Å². The van der Waals surface area contributed by atoms with Crippen LogP contribution in [0.15, 0.2) is 30.3 Å². The summed E-state index contributed by atoms with van der Waals surface area (Å²) < 4.78 is 13.8. The predicted octanol–water partition coefficient (Wildman–Crippen LogP) is 4.08. The Hall–Kier alpha value is -2.03. The average molecular weight is 244 g/mol. The summed E-state index contributed by atoms with van der Waals surface area (Å²) in [5, 5.41) is 3.14. The molecule has 0 saturated heterocycles. The SMILES string of the molecule is Cc1cc(N)c(C)c(Nc2c(C)cccc2F)c1. The number of benzene rings is 2. The molecule has 94 valence electrons. The minimum Gasteiger partial charge on any atom is -0.398 e. The minimum atomic E-state index is -0.255. The second kappa shape index (κ2) is 4.69. The highest BCUT2D eigenvalue weighted by molar-refractivity contribution is 5.72. The molecule has 0 spiro atoms. The molecule has 0 aliphatic heterocycles. The van der Waals surface area contributed by atoms with E-state index >= 15 is 0 Å². The topological polar surface area (TPSA) is 38.0 Å². The molecule has 0 aliphatic carbocycles. The molecular formula is C15H17FN2. The molecule has 2 aromatic rings.